The number of hydrogen-bond acceptors (Lipinski definition) is 10. The Labute approximate surface area is 324 Å². The highest BCUT2D eigenvalue weighted by atomic mass is 79.9. The Morgan fingerprint density at radius 1 is 0.709 bits per heavy atom. The van der Waals surface area contributed by atoms with Gasteiger partial charge in [-0.15, -0.1) is 10.2 Å². The summed E-state index contributed by atoms with van der Waals surface area (Å²) in [4.78, 5) is 38.0. The molecule has 0 aliphatic heterocycles. The van der Waals surface area contributed by atoms with Crippen LogP contribution in [0.1, 0.15) is 35.4 Å². The highest BCUT2D eigenvalue weighted by Gasteiger charge is 2.14. The van der Waals surface area contributed by atoms with Crippen LogP contribution in [0.3, 0.4) is 0 Å². The number of nitrogens with zero attached hydrogens (tertiary/aromatic N) is 8. The number of aryl methyl sites for hydroxylation is 4. The lowest BCUT2D eigenvalue weighted by Crippen LogP contribution is -2.32. The van der Waals surface area contributed by atoms with Crippen LogP contribution in [-0.2, 0) is 9.59 Å². The average Bonchev–Trinajstić information content (AvgIpc) is 3.77. The van der Waals surface area contributed by atoms with E-state index in [-0.39, 0.29) is 28.8 Å². The fraction of sp³-hybridized carbons (Fsp3) is 0.135. The number of pyridine rings is 2. The van der Waals surface area contributed by atoms with Crippen LogP contribution in [0.4, 0.5) is 8.78 Å². The lowest BCUT2D eigenvalue weighted by molar-refractivity contribution is -0.114. The molecule has 55 heavy (non-hydrogen) atoms. The smallest absolute Gasteiger partial charge is 0.422 e. The molecule has 0 saturated heterocycles. The molecule has 0 aliphatic rings. The number of benzene rings is 2. The molecule has 0 atom stereocenters. The first-order chi connectivity index (χ1) is 25.6. The number of primary amides is 2. The van der Waals surface area contributed by atoms with Crippen molar-refractivity contribution in [3.05, 3.63) is 130 Å². The first-order valence-corrected chi connectivity index (χ1v) is 16.7. The molecule has 4 heterocycles. The maximum absolute atomic E-state index is 13.3. The summed E-state index contributed by atoms with van der Waals surface area (Å²) in [6.07, 6.45) is 5.83. The van der Waals surface area contributed by atoms with E-state index >= 15 is 0 Å². The molecule has 4 aromatic heterocycles. The van der Waals surface area contributed by atoms with Gasteiger partial charge in [0.25, 0.3) is 11.8 Å². The van der Waals surface area contributed by atoms with Gasteiger partial charge in [-0.3, -0.25) is 9.59 Å². The molecule has 0 bridgehead atoms. The van der Waals surface area contributed by atoms with E-state index in [1.54, 1.807) is 0 Å². The molecule has 0 aliphatic carbocycles. The monoisotopic (exact) mass is 814 g/mol. The zero-order chi connectivity index (χ0) is 39.5. The zero-order valence-electron chi connectivity index (χ0n) is 29.4. The summed E-state index contributed by atoms with van der Waals surface area (Å²) in [5.41, 5.74) is 16.9. The Balaban J connectivity index is 0.000000239. The summed E-state index contributed by atoms with van der Waals surface area (Å²) in [7, 11) is -1.70. The predicted molar refractivity (Wildman–Crippen MR) is 211 cm³/mol. The molecule has 6 rings (SSSR count). The van der Waals surface area contributed by atoms with Gasteiger partial charge in [-0.2, -0.15) is 8.78 Å². The van der Waals surface area contributed by atoms with E-state index in [0.717, 1.165) is 39.4 Å². The van der Waals surface area contributed by atoms with Crippen LogP contribution in [-0.4, -0.2) is 68.5 Å². The van der Waals surface area contributed by atoms with Gasteiger partial charge in [0.2, 0.25) is 11.9 Å². The number of carbonyl (C=O) groups is 2. The van der Waals surface area contributed by atoms with Crippen molar-refractivity contribution in [2.75, 3.05) is 0 Å². The van der Waals surface area contributed by atoms with E-state index in [1.807, 2.05) is 52.0 Å². The summed E-state index contributed by atoms with van der Waals surface area (Å²) < 4.78 is 28.5. The van der Waals surface area contributed by atoms with Crippen LogP contribution in [0.25, 0.3) is 40.7 Å². The second-order valence-corrected chi connectivity index (χ2v) is 12.6. The van der Waals surface area contributed by atoms with Crippen molar-refractivity contribution < 1.29 is 28.4 Å². The van der Waals surface area contributed by atoms with E-state index in [9.17, 15) is 18.4 Å². The molecule has 2 aromatic carbocycles. The van der Waals surface area contributed by atoms with E-state index in [2.05, 4.69) is 58.2 Å². The molecule has 0 fully saturated rings. The summed E-state index contributed by atoms with van der Waals surface area (Å²) in [6, 6.07) is 20.1. The van der Waals surface area contributed by atoms with Gasteiger partial charge in [0.15, 0.2) is 11.6 Å². The number of carbonyl (C=O) groups excluding carboxylic acids is 2. The maximum Gasteiger partial charge on any atom is 0.508 e. The standard InChI is InChI=1S/C18H16FN5O.C13H13BrN4O.C5H5BFNO2.CH4/c1-11-6-12(2)8-13(7-11)18-21-10-24(23-18)9-14(17(20)25)15-4-3-5-16(19)22-15;1-8-3-9(2)5-10(4-8)13-16-7-18(17-13)6-11(14)12(15)19;7-5-3-1-2-4(8-5)6(9)10;/h3-10H,1-2H3,(H2,20,25);3-7H,1-2H3,(H2,15,19);1-3,9-10H;1H4/b14-9+;11-6-;;. The summed E-state index contributed by atoms with van der Waals surface area (Å²) in [5, 5.41) is 25.6. The highest BCUT2D eigenvalue weighted by Crippen LogP contribution is 2.20. The van der Waals surface area contributed by atoms with Crippen LogP contribution >= 0.6 is 15.9 Å². The molecular weight excluding hydrogens is 777 g/mol. The SMILES string of the molecule is C.Cc1cc(C)cc(-c2ncn(/C=C(/C(N)=O)c3cccc(F)n3)n2)c1.Cc1cc(C)cc(-c2ncn(/C=C(\Br)C(N)=O)n2)c1.OB(O)c1cccc(F)n1. The van der Waals surface area contributed by atoms with Crippen LogP contribution < -0.4 is 17.1 Å². The van der Waals surface area contributed by atoms with Gasteiger partial charge in [0, 0.05) is 17.3 Å². The second kappa shape index (κ2) is 19.7. The number of halogens is 3. The minimum atomic E-state index is -1.70. The first kappa shape index (κ1) is 43.2. The van der Waals surface area contributed by atoms with Crippen molar-refractivity contribution in [2.45, 2.75) is 35.1 Å². The molecule has 0 unspecified atom stereocenters. The van der Waals surface area contributed by atoms with Crippen LogP contribution in [0.5, 0.6) is 0 Å². The largest absolute Gasteiger partial charge is 0.508 e. The maximum atomic E-state index is 13.3. The van der Waals surface area contributed by atoms with Crippen LogP contribution in [0.2, 0.25) is 0 Å². The van der Waals surface area contributed by atoms with E-state index in [0.29, 0.717) is 11.6 Å². The predicted octanol–water partition coefficient (Wildman–Crippen LogP) is 4.36. The third-order valence-electron chi connectivity index (χ3n) is 6.98. The van der Waals surface area contributed by atoms with E-state index in [4.69, 9.17) is 21.5 Å². The molecule has 0 spiro atoms. The Kier molecular flexibility index (Phi) is 15.5. The van der Waals surface area contributed by atoms with E-state index in [1.165, 1.54) is 64.7 Å². The van der Waals surface area contributed by atoms with Crippen molar-refractivity contribution in [3.63, 3.8) is 0 Å². The number of rotatable bonds is 8. The Hall–Kier alpha value is -6.24. The third-order valence-corrected chi connectivity index (χ3v) is 7.57. The number of hydrogen-bond donors (Lipinski definition) is 4. The molecule has 6 N–H and O–H groups in total. The fourth-order valence-corrected chi connectivity index (χ4v) is 5.05. The molecule has 284 valence electrons. The van der Waals surface area contributed by atoms with Gasteiger partial charge in [-0.1, -0.05) is 53.9 Å². The van der Waals surface area contributed by atoms with Gasteiger partial charge < -0.3 is 21.5 Å². The number of amides is 2. The van der Waals surface area contributed by atoms with Gasteiger partial charge >= 0.3 is 7.12 Å². The normalized spacial score (nSPS) is 11.0. The number of nitrogens with two attached hydrogens (primary N) is 2. The minimum Gasteiger partial charge on any atom is -0.422 e. The van der Waals surface area contributed by atoms with Crippen LogP contribution in [0.15, 0.2) is 89.9 Å². The van der Waals surface area contributed by atoms with Crippen molar-refractivity contribution in [3.8, 4) is 22.8 Å². The molecular formula is C37H38BBrF2N10O4. The van der Waals surface area contributed by atoms with Crippen molar-refractivity contribution in [1.82, 2.24) is 39.5 Å². The summed E-state index contributed by atoms with van der Waals surface area (Å²) in [5.74, 6) is -1.58. The van der Waals surface area contributed by atoms with Gasteiger partial charge in [0.1, 0.15) is 17.1 Å². The van der Waals surface area contributed by atoms with Crippen LogP contribution in [0, 0.1) is 39.6 Å². The molecule has 14 nitrogen and oxygen atoms in total. The van der Waals surface area contributed by atoms with Gasteiger partial charge in [0.05, 0.1) is 23.1 Å². The molecule has 0 radical (unpaired) electrons. The topological polar surface area (TPSA) is 214 Å². The Bertz CT molecular complexity index is 2310. The Morgan fingerprint density at radius 2 is 1.16 bits per heavy atom. The van der Waals surface area contributed by atoms with Crippen molar-refractivity contribution in [1.29, 1.82) is 0 Å². The summed E-state index contributed by atoms with van der Waals surface area (Å²) in [6.45, 7) is 8.04. The minimum absolute atomic E-state index is 0. The van der Waals surface area contributed by atoms with Crippen molar-refractivity contribution in [2.24, 2.45) is 11.5 Å². The molecule has 0 saturated carbocycles. The third kappa shape index (κ3) is 13.0. The van der Waals surface area contributed by atoms with Crippen molar-refractivity contribution >= 4 is 58.4 Å². The van der Waals surface area contributed by atoms with E-state index < -0.39 is 30.8 Å². The first-order valence-electron chi connectivity index (χ1n) is 15.9. The van der Waals surface area contributed by atoms with Gasteiger partial charge in [-0.25, -0.2) is 29.3 Å². The number of aromatic nitrogens is 8. The zero-order valence-corrected chi connectivity index (χ0v) is 31.0. The molecule has 6 aromatic rings. The quantitative estimate of drug-likeness (QED) is 0.0968. The van der Waals surface area contributed by atoms with Gasteiger partial charge in [-0.05, 0) is 92.2 Å². The average molecular weight is 815 g/mol. The lowest BCUT2D eigenvalue weighted by Gasteiger charge is -2.03. The lowest BCUT2D eigenvalue weighted by atomic mass is 9.86. The molecule has 2 amide bonds. The highest BCUT2D eigenvalue weighted by molar-refractivity contribution is 9.12. The Morgan fingerprint density at radius 3 is 1.56 bits per heavy atom. The fourth-order valence-electron chi connectivity index (χ4n) is 4.84. The second-order valence-electron chi connectivity index (χ2n) is 11.7. The summed E-state index contributed by atoms with van der Waals surface area (Å²) >= 11 is 3.07. The molecule has 18 heteroatoms.